The standard InChI is InChI=1S/C16H17F3N3O/c1-22(8-9-22)13-6-7-21(15(23)14(13)20)10-11-2-4-12(5-3-11)16(17,18)19/h2-7H,8-10,20H2,1H3/q+1. The minimum Gasteiger partial charge on any atom is -0.389 e. The van der Waals surface area contributed by atoms with Gasteiger partial charge in [0.15, 0.2) is 11.4 Å². The second kappa shape index (κ2) is 5.13. The van der Waals surface area contributed by atoms with Crippen LogP contribution in [0.3, 0.4) is 0 Å². The van der Waals surface area contributed by atoms with E-state index in [2.05, 4.69) is 0 Å². The third kappa shape index (κ3) is 2.96. The first-order valence-corrected chi connectivity index (χ1v) is 7.21. The number of rotatable bonds is 3. The Kier molecular flexibility index (Phi) is 3.48. The number of hydrogen-bond acceptors (Lipinski definition) is 2. The molecule has 0 amide bonds. The van der Waals surface area contributed by atoms with Crippen molar-refractivity contribution >= 4 is 11.4 Å². The lowest BCUT2D eigenvalue weighted by Gasteiger charge is -2.15. The van der Waals surface area contributed by atoms with E-state index in [1.165, 1.54) is 16.7 Å². The lowest BCUT2D eigenvalue weighted by molar-refractivity contribution is -0.137. The molecular formula is C16H17F3N3O+. The van der Waals surface area contributed by atoms with E-state index in [4.69, 9.17) is 5.73 Å². The van der Waals surface area contributed by atoms with Gasteiger partial charge in [-0.3, -0.25) is 9.28 Å². The second-order valence-corrected chi connectivity index (χ2v) is 6.09. The molecule has 23 heavy (non-hydrogen) atoms. The Bertz CT molecular complexity index is 790. The molecule has 0 unspecified atom stereocenters. The normalized spacial score (nSPS) is 16.3. The largest absolute Gasteiger partial charge is 0.416 e. The van der Waals surface area contributed by atoms with Gasteiger partial charge in [0.05, 0.1) is 19.2 Å². The van der Waals surface area contributed by atoms with Crippen molar-refractivity contribution in [1.29, 1.82) is 0 Å². The van der Waals surface area contributed by atoms with Crippen molar-refractivity contribution in [3.63, 3.8) is 0 Å². The molecule has 122 valence electrons. The summed E-state index contributed by atoms with van der Waals surface area (Å²) in [7, 11) is 2.01. The smallest absolute Gasteiger partial charge is 0.389 e. The van der Waals surface area contributed by atoms with E-state index in [0.717, 1.165) is 30.9 Å². The van der Waals surface area contributed by atoms with E-state index in [9.17, 15) is 18.0 Å². The molecule has 1 aromatic carbocycles. The van der Waals surface area contributed by atoms with Gasteiger partial charge in [-0.2, -0.15) is 13.2 Å². The number of anilines is 1. The van der Waals surface area contributed by atoms with Gasteiger partial charge < -0.3 is 10.3 Å². The molecule has 0 bridgehead atoms. The summed E-state index contributed by atoms with van der Waals surface area (Å²) >= 11 is 0. The maximum Gasteiger partial charge on any atom is 0.416 e. The minimum absolute atomic E-state index is 0.186. The monoisotopic (exact) mass is 324 g/mol. The summed E-state index contributed by atoms with van der Waals surface area (Å²) < 4.78 is 39.7. The van der Waals surface area contributed by atoms with E-state index in [0.29, 0.717) is 10.0 Å². The quantitative estimate of drug-likeness (QED) is 0.696. The zero-order valence-corrected chi connectivity index (χ0v) is 12.6. The first-order valence-electron chi connectivity index (χ1n) is 7.21. The van der Waals surface area contributed by atoms with Crippen molar-refractivity contribution in [1.82, 2.24) is 9.05 Å². The number of nitrogens with two attached hydrogens (primary N) is 1. The van der Waals surface area contributed by atoms with Crippen LogP contribution >= 0.6 is 0 Å². The molecule has 1 aliphatic rings. The SMILES string of the molecule is C[N+]1(c2ccn(Cc3ccc(C(F)(F)F)cc3)c(=O)c2N)CC1. The molecule has 0 atom stereocenters. The van der Waals surface area contributed by atoms with Gasteiger partial charge in [-0.25, -0.2) is 0 Å². The molecule has 7 heteroatoms. The van der Waals surface area contributed by atoms with Crippen LogP contribution in [0.4, 0.5) is 24.5 Å². The zero-order valence-electron chi connectivity index (χ0n) is 12.6. The minimum atomic E-state index is -4.36. The third-order valence-corrected chi connectivity index (χ3v) is 4.29. The van der Waals surface area contributed by atoms with Crippen LogP contribution in [0.2, 0.25) is 0 Å². The van der Waals surface area contributed by atoms with Gasteiger partial charge in [-0.15, -0.1) is 0 Å². The highest BCUT2D eigenvalue weighted by molar-refractivity contribution is 5.65. The van der Waals surface area contributed by atoms with Crippen LogP contribution in [0.25, 0.3) is 0 Å². The zero-order chi connectivity index (χ0) is 16.8. The van der Waals surface area contributed by atoms with Crippen LogP contribution in [0.5, 0.6) is 0 Å². The molecule has 0 spiro atoms. The topological polar surface area (TPSA) is 48.0 Å². The van der Waals surface area contributed by atoms with Crippen molar-refractivity contribution in [2.24, 2.45) is 0 Å². The van der Waals surface area contributed by atoms with Crippen LogP contribution in [0.15, 0.2) is 41.3 Å². The Morgan fingerprint density at radius 3 is 2.30 bits per heavy atom. The first-order chi connectivity index (χ1) is 10.7. The summed E-state index contributed by atoms with van der Waals surface area (Å²) in [4.78, 5) is 12.3. The molecule has 2 aromatic rings. The fourth-order valence-electron chi connectivity index (χ4n) is 2.56. The fourth-order valence-corrected chi connectivity index (χ4v) is 2.56. The van der Waals surface area contributed by atoms with Gasteiger partial charge in [0.1, 0.15) is 13.1 Å². The lowest BCUT2D eigenvalue weighted by Crippen LogP contribution is -2.28. The van der Waals surface area contributed by atoms with Crippen LogP contribution in [-0.4, -0.2) is 24.7 Å². The predicted octanol–water partition coefficient (Wildman–Crippen LogP) is 2.45. The van der Waals surface area contributed by atoms with E-state index >= 15 is 0 Å². The number of quaternary nitrogens is 1. The molecule has 1 fully saturated rings. The number of halogens is 3. The molecule has 0 aliphatic carbocycles. The maximum absolute atomic E-state index is 12.6. The lowest BCUT2D eigenvalue weighted by atomic mass is 10.1. The predicted molar refractivity (Wildman–Crippen MR) is 83.1 cm³/mol. The molecule has 1 aliphatic heterocycles. The highest BCUT2D eigenvalue weighted by atomic mass is 19.4. The van der Waals surface area contributed by atoms with Crippen LogP contribution < -0.4 is 15.8 Å². The van der Waals surface area contributed by atoms with Gasteiger partial charge in [0.25, 0.3) is 5.56 Å². The van der Waals surface area contributed by atoms with Crippen molar-refractivity contribution in [3.8, 4) is 0 Å². The van der Waals surface area contributed by atoms with Gasteiger partial charge in [0.2, 0.25) is 0 Å². The summed E-state index contributed by atoms with van der Waals surface area (Å²) in [5.74, 6) is 0. The van der Waals surface area contributed by atoms with Crippen LogP contribution in [0, 0.1) is 0 Å². The molecule has 1 aromatic heterocycles. The van der Waals surface area contributed by atoms with E-state index < -0.39 is 11.7 Å². The molecule has 0 saturated carbocycles. The van der Waals surface area contributed by atoms with Crippen molar-refractivity contribution in [2.45, 2.75) is 12.7 Å². The average molecular weight is 324 g/mol. The Hall–Kier alpha value is -2.28. The molecular weight excluding hydrogens is 307 g/mol. The van der Waals surface area contributed by atoms with Crippen LogP contribution in [-0.2, 0) is 12.7 Å². The summed E-state index contributed by atoms with van der Waals surface area (Å²) in [5, 5.41) is 0. The van der Waals surface area contributed by atoms with E-state index in [1.54, 1.807) is 6.20 Å². The number of likely N-dealkylation sites (N-methyl/N-ethyl adjacent to an activating group) is 1. The van der Waals surface area contributed by atoms with Crippen molar-refractivity contribution < 1.29 is 13.2 Å². The Balaban J connectivity index is 1.86. The maximum atomic E-state index is 12.6. The van der Waals surface area contributed by atoms with Crippen LogP contribution in [0.1, 0.15) is 11.1 Å². The van der Waals surface area contributed by atoms with Gasteiger partial charge in [-0.05, 0) is 17.7 Å². The fraction of sp³-hybridized carbons (Fsp3) is 0.312. The third-order valence-electron chi connectivity index (χ3n) is 4.29. The summed E-state index contributed by atoms with van der Waals surface area (Å²) in [5.41, 5.74) is 6.55. The van der Waals surface area contributed by atoms with Gasteiger partial charge >= 0.3 is 6.18 Å². The molecule has 2 heterocycles. The Labute approximate surface area is 131 Å². The average Bonchev–Trinajstić information content (AvgIpc) is 3.22. The number of pyridine rings is 1. The highest BCUT2D eigenvalue weighted by Crippen LogP contribution is 2.32. The summed E-state index contributed by atoms with van der Waals surface area (Å²) in [6.45, 7) is 2.09. The number of alkyl halides is 3. The molecule has 1 saturated heterocycles. The summed E-state index contributed by atoms with van der Waals surface area (Å²) in [6, 6.07) is 6.59. The van der Waals surface area contributed by atoms with Crippen molar-refractivity contribution in [2.75, 3.05) is 25.9 Å². The molecule has 0 radical (unpaired) electrons. The number of benzene rings is 1. The summed E-state index contributed by atoms with van der Waals surface area (Å²) in [6.07, 6.45) is -2.72. The van der Waals surface area contributed by atoms with Crippen molar-refractivity contribution in [3.05, 3.63) is 58.0 Å². The first kappa shape index (κ1) is 15.6. The Morgan fingerprint density at radius 1 is 1.17 bits per heavy atom. The van der Waals surface area contributed by atoms with E-state index in [1.807, 2.05) is 13.1 Å². The number of aromatic nitrogens is 1. The highest BCUT2D eigenvalue weighted by Gasteiger charge is 2.41. The second-order valence-electron chi connectivity index (χ2n) is 6.09. The number of nitrogen functional groups attached to an aromatic ring is 1. The molecule has 3 rings (SSSR count). The Morgan fingerprint density at radius 2 is 1.78 bits per heavy atom. The number of nitrogens with zero attached hydrogens (tertiary/aromatic N) is 2. The molecule has 2 N–H and O–H groups in total. The molecule has 4 nitrogen and oxygen atoms in total. The van der Waals surface area contributed by atoms with Gasteiger partial charge in [-0.1, -0.05) is 12.1 Å². The van der Waals surface area contributed by atoms with E-state index in [-0.39, 0.29) is 17.8 Å². The van der Waals surface area contributed by atoms with Gasteiger partial charge in [0, 0.05) is 12.3 Å². The number of hydrogen-bond donors (Lipinski definition) is 1.